The van der Waals surface area contributed by atoms with E-state index in [-0.39, 0.29) is 0 Å². The molecule has 0 spiro atoms. The minimum atomic E-state index is 0.496. The van der Waals surface area contributed by atoms with E-state index in [4.69, 9.17) is 4.98 Å². The molecule has 1 heterocycles. The minimum absolute atomic E-state index is 0.496. The Labute approximate surface area is 119 Å². The van der Waals surface area contributed by atoms with Gasteiger partial charge in [0, 0.05) is 23.5 Å². The molecule has 0 bridgehead atoms. The van der Waals surface area contributed by atoms with Gasteiger partial charge in [-0.15, -0.1) is 11.3 Å². The van der Waals surface area contributed by atoms with Crippen LogP contribution in [0.1, 0.15) is 35.5 Å². The van der Waals surface area contributed by atoms with Crippen molar-refractivity contribution in [1.29, 1.82) is 0 Å². The normalized spacial score (nSPS) is 11.3. The topological polar surface area (TPSA) is 24.9 Å². The lowest BCUT2D eigenvalue weighted by molar-refractivity contribution is 0.587. The summed E-state index contributed by atoms with van der Waals surface area (Å²) in [7, 11) is 0. The zero-order valence-electron chi connectivity index (χ0n) is 12.4. The number of hydrogen-bond donors (Lipinski definition) is 1. The lowest BCUT2D eigenvalue weighted by Gasteiger charge is -2.09. The van der Waals surface area contributed by atoms with Crippen molar-refractivity contribution < 1.29 is 0 Å². The highest BCUT2D eigenvalue weighted by atomic mass is 32.1. The first-order chi connectivity index (χ1) is 8.97. The highest BCUT2D eigenvalue weighted by Crippen LogP contribution is 2.29. The van der Waals surface area contributed by atoms with E-state index in [1.807, 2.05) is 0 Å². The van der Waals surface area contributed by atoms with Crippen LogP contribution in [0.5, 0.6) is 0 Å². The molecular formula is C16H22N2S. The third kappa shape index (κ3) is 3.43. The fourth-order valence-electron chi connectivity index (χ4n) is 2.38. The lowest BCUT2D eigenvalue weighted by atomic mass is 9.98. The van der Waals surface area contributed by atoms with Gasteiger partial charge in [-0.2, -0.15) is 0 Å². The van der Waals surface area contributed by atoms with Gasteiger partial charge in [-0.3, -0.25) is 0 Å². The van der Waals surface area contributed by atoms with Crippen molar-refractivity contribution in [1.82, 2.24) is 10.3 Å². The van der Waals surface area contributed by atoms with Crippen LogP contribution in [-0.4, -0.2) is 11.0 Å². The van der Waals surface area contributed by atoms with Gasteiger partial charge in [0.25, 0.3) is 0 Å². The van der Waals surface area contributed by atoms with E-state index in [0.717, 1.165) is 17.2 Å². The van der Waals surface area contributed by atoms with Gasteiger partial charge >= 0.3 is 0 Å². The van der Waals surface area contributed by atoms with Crippen LogP contribution in [0.15, 0.2) is 17.5 Å². The van der Waals surface area contributed by atoms with Crippen LogP contribution < -0.4 is 5.32 Å². The van der Waals surface area contributed by atoms with E-state index >= 15 is 0 Å². The average Bonchev–Trinajstić information content (AvgIpc) is 2.73. The number of aromatic nitrogens is 1. The summed E-state index contributed by atoms with van der Waals surface area (Å²) in [6.07, 6.45) is 0. The molecule has 0 saturated heterocycles. The zero-order valence-corrected chi connectivity index (χ0v) is 13.2. The summed E-state index contributed by atoms with van der Waals surface area (Å²) in [5, 5.41) is 6.74. The standard InChI is InChI=1S/C16H22N2S/c1-10(2)17-8-15-18-14(9-19-15)16-12(4)6-11(3)7-13(16)5/h6-7,9-10,17H,8H2,1-5H3. The highest BCUT2D eigenvalue weighted by molar-refractivity contribution is 7.09. The Balaban J connectivity index is 2.28. The van der Waals surface area contributed by atoms with Crippen molar-refractivity contribution in [3.8, 4) is 11.3 Å². The average molecular weight is 274 g/mol. The molecule has 0 aliphatic carbocycles. The van der Waals surface area contributed by atoms with Gasteiger partial charge in [-0.1, -0.05) is 31.5 Å². The number of nitrogens with one attached hydrogen (secondary N) is 1. The zero-order chi connectivity index (χ0) is 14.0. The highest BCUT2D eigenvalue weighted by Gasteiger charge is 2.10. The van der Waals surface area contributed by atoms with E-state index in [0.29, 0.717) is 6.04 Å². The van der Waals surface area contributed by atoms with E-state index in [2.05, 4.69) is 57.4 Å². The number of aryl methyl sites for hydroxylation is 3. The molecule has 0 amide bonds. The fourth-order valence-corrected chi connectivity index (χ4v) is 3.12. The first kappa shape index (κ1) is 14.2. The number of thiazole rings is 1. The number of hydrogen-bond acceptors (Lipinski definition) is 3. The minimum Gasteiger partial charge on any atom is -0.308 e. The second kappa shape index (κ2) is 5.85. The van der Waals surface area contributed by atoms with Crippen LogP contribution in [0, 0.1) is 20.8 Å². The molecule has 3 heteroatoms. The molecule has 2 rings (SSSR count). The maximum atomic E-state index is 4.76. The SMILES string of the molecule is Cc1cc(C)c(-c2csc(CNC(C)C)n2)c(C)c1. The van der Waals surface area contributed by atoms with Gasteiger partial charge in [-0.25, -0.2) is 4.98 Å². The Bertz CT molecular complexity index is 547. The third-order valence-corrected chi connectivity index (χ3v) is 4.00. The van der Waals surface area contributed by atoms with E-state index in [1.165, 1.54) is 22.3 Å². The Morgan fingerprint density at radius 3 is 2.37 bits per heavy atom. The molecule has 0 saturated carbocycles. The van der Waals surface area contributed by atoms with Crippen molar-refractivity contribution >= 4 is 11.3 Å². The molecule has 0 aliphatic rings. The van der Waals surface area contributed by atoms with Crippen LogP contribution in [0.2, 0.25) is 0 Å². The Kier molecular flexibility index (Phi) is 4.38. The van der Waals surface area contributed by atoms with Gasteiger partial charge in [0.15, 0.2) is 0 Å². The molecule has 0 atom stereocenters. The summed E-state index contributed by atoms with van der Waals surface area (Å²) in [5.74, 6) is 0. The molecule has 19 heavy (non-hydrogen) atoms. The molecule has 0 unspecified atom stereocenters. The van der Waals surface area contributed by atoms with Crippen molar-refractivity contribution in [3.63, 3.8) is 0 Å². The van der Waals surface area contributed by atoms with Crippen LogP contribution in [0.4, 0.5) is 0 Å². The fraction of sp³-hybridized carbons (Fsp3) is 0.438. The molecular weight excluding hydrogens is 252 g/mol. The van der Waals surface area contributed by atoms with E-state index in [9.17, 15) is 0 Å². The third-order valence-electron chi connectivity index (χ3n) is 3.15. The van der Waals surface area contributed by atoms with Gasteiger partial charge < -0.3 is 5.32 Å². The molecule has 0 fully saturated rings. The molecule has 0 aliphatic heterocycles. The predicted molar refractivity (Wildman–Crippen MR) is 83.7 cm³/mol. The Morgan fingerprint density at radius 1 is 1.16 bits per heavy atom. The summed E-state index contributed by atoms with van der Waals surface area (Å²) < 4.78 is 0. The van der Waals surface area contributed by atoms with Gasteiger partial charge in [0.2, 0.25) is 0 Å². The largest absolute Gasteiger partial charge is 0.308 e. The van der Waals surface area contributed by atoms with Crippen molar-refractivity contribution in [2.45, 2.75) is 47.2 Å². The summed E-state index contributed by atoms with van der Waals surface area (Å²) in [5.41, 5.74) is 6.34. The Morgan fingerprint density at radius 2 is 1.79 bits per heavy atom. The van der Waals surface area contributed by atoms with Gasteiger partial charge in [-0.05, 0) is 31.9 Å². The molecule has 102 valence electrons. The van der Waals surface area contributed by atoms with Gasteiger partial charge in [0.1, 0.15) is 5.01 Å². The molecule has 1 N–H and O–H groups in total. The first-order valence-electron chi connectivity index (χ1n) is 6.73. The Hall–Kier alpha value is -1.19. The number of benzene rings is 1. The van der Waals surface area contributed by atoms with Crippen LogP contribution in [-0.2, 0) is 6.54 Å². The summed E-state index contributed by atoms with van der Waals surface area (Å²) >= 11 is 1.73. The van der Waals surface area contributed by atoms with Crippen LogP contribution >= 0.6 is 11.3 Å². The van der Waals surface area contributed by atoms with E-state index < -0.39 is 0 Å². The van der Waals surface area contributed by atoms with Gasteiger partial charge in [0.05, 0.1) is 5.69 Å². The van der Waals surface area contributed by atoms with Crippen molar-refractivity contribution in [2.24, 2.45) is 0 Å². The van der Waals surface area contributed by atoms with Crippen LogP contribution in [0.3, 0.4) is 0 Å². The van der Waals surface area contributed by atoms with Crippen molar-refractivity contribution in [2.75, 3.05) is 0 Å². The summed E-state index contributed by atoms with van der Waals surface area (Å²) in [6, 6.07) is 4.96. The van der Waals surface area contributed by atoms with Crippen LogP contribution in [0.25, 0.3) is 11.3 Å². The maximum Gasteiger partial charge on any atom is 0.107 e. The summed E-state index contributed by atoms with van der Waals surface area (Å²) in [4.78, 5) is 4.76. The molecule has 1 aromatic heterocycles. The molecule has 1 aromatic carbocycles. The first-order valence-corrected chi connectivity index (χ1v) is 7.61. The second-order valence-electron chi connectivity index (χ2n) is 5.44. The molecule has 2 aromatic rings. The number of rotatable bonds is 4. The van der Waals surface area contributed by atoms with Crippen molar-refractivity contribution in [3.05, 3.63) is 39.2 Å². The molecule has 2 nitrogen and oxygen atoms in total. The van der Waals surface area contributed by atoms with E-state index in [1.54, 1.807) is 11.3 Å². The second-order valence-corrected chi connectivity index (χ2v) is 6.38. The smallest absolute Gasteiger partial charge is 0.107 e. The number of nitrogens with zero attached hydrogens (tertiary/aromatic N) is 1. The monoisotopic (exact) mass is 274 g/mol. The predicted octanol–water partition coefficient (Wildman–Crippen LogP) is 4.23. The lowest BCUT2D eigenvalue weighted by Crippen LogP contribution is -2.21. The quantitative estimate of drug-likeness (QED) is 0.902. The maximum absolute atomic E-state index is 4.76. The molecule has 0 radical (unpaired) electrons. The summed E-state index contributed by atoms with van der Waals surface area (Å²) in [6.45, 7) is 11.6.